The highest BCUT2D eigenvalue weighted by Gasteiger charge is 2.26. The zero-order chi connectivity index (χ0) is 22.5. The van der Waals surface area contributed by atoms with Crippen LogP contribution in [-0.4, -0.2) is 60.4 Å². The lowest BCUT2D eigenvalue weighted by molar-refractivity contribution is -0.136. The SMILES string of the molecule is Cc1ccc(-c2ccc(C(=O)OCC(=O)N3CCN(C(=O)c4ccco4)CC3)cc2)cc1. The summed E-state index contributed by atoms with van der Waals surface area (Å²) in [7, 11) is 0. The van der Waals surface area contributed by atoms with Crippen LogP contribution >= 0.6 is 0 Å². The minimum absolute atomic E-state index is 0.192. The van der Waals surface area contributed by atoms with E-state index in [2.05, 4.69) is 0 Å². The number of ether oxygens (including phenoxy) is 1. The van der Waals surface area contributed by atoms with E-state index in [0.29, 0.717) is 31.7 Å². The summed E-state index contributed by atoms with van der Waals surface area (Å²) >= 11 is 0. The fourth-order valence-corrected chi connectivity index (χ4v) is 3.56. The molecule has 164 valence electrons. The van der Waals surface area contributed by atoms with Crippen LogP contribution in [-0.2, 0) is 9.53 Å². The van der Waals surface area contributed by atoms with Gasteiger partial charge in [0.05, 0.1) is 11.8 Å². The summed E-state index contributed by atoms with van der Waals surface area (Å²) in [5.74, 6) is -0.727. The summed E-state index contributed by atoms with van der Waals surface area (Å²) in [6, 6.07) is 18.5. The van der Waals surface area contributed by atoms with E-state index < -0.39 is 5.97 Å². The Morgan fingerprint density at radius 3 is 2.03 bits per heavy atom. The van der Waals surface area contributed by atoms with Gasteiger partial charge in [-0.25, -0.2) is 4.79 Å². The van der Waals surface area contributed by atoms with Crippen molar-refractivity contribution in [2.75, 3.05) is 32.8 Å². The zero-order valence-electron chi connectivity index (χ0n) is 17.8. The third-order valence-electron chi connectivity index (χ3n) is 5.48. The third-order valence-corrected chi connectivity index (χ3v) is 5.48. The molecule has 1 aliphatic heterocycles. The topological polar surface area (TPSA) is 80.1 Å². The van der Waals surface area contributed by atoms with E-state index in [1.807, 2.05) is 43.3 Å². The van der Waals surface area contributed by atoms with E-state index in [4.69, 9.17) is 9.15 Å². The monoisotopic (exact) mass is 432 g/mol. The molecule has 4 rings (SSSR count). The minimum atomic E-state index is -0.541. The molecular formula is C25H24N2O5. The van der Waals surface area contributed by atoms with Gasteiger partial charge in [0.1, 0.15) is 0 Å². The molecule has 2 amide bonds. The molecule has 1 aromatic heterocycles. The molecule has 0 aliphatic carbocycles. The minimum Gasteiger partial charge on any atom is -0.459 e. The molecule has 0 saturated carbocycles. The summed E-state index contributed by atoms with van der Waals surface area (Å²) in [5, 5.41) is 0. The number of furan rings is 1. The number of benzene rings is 2. The Bertz CT molecular complexity index is 1080. The smallest absolute Gasteiger partial charge is 0.338 e. The summed E-state index contributed by atoms with van der Waals surface area (Å²) in [6.45, 7) is 3.27. The van der Waals surface area contributed by atoms with Crippen molar-refractivity contribution in [1.29, 1.82) is 0 Å². The van der Waals surface area contributed by atoms with Gasteiger partial charge in [0.25, 0.3) is 11.8 Å². The number of nitrogens with zero attached hydrogens (tertiary/aromatic N) is 2. The quantitative estimate of drug-likeness (QED) is 0.578. The van der Waals surface area contributed by atoms with Gasteiger partial charge >= 0.3 is 5.97 Å². The fourth-order valence-electron chi connectivity index (χ4n) is 3.56. The van der Waals surface area contributed by atoms with Gasteiger partial charge in [-0.15, -0.1) is 0 Å². The first-order chi connectivity index (χ1) is 15.5. The van der Waals surface area contributed by atoms with Gasteiger partial charge in [0.2, 0.25) is 0 Å². The number of carbonyl (C=O) groups is 3. The third kappa shape index (κ3) is 4.88. The molecule has 0 spiro atoms. The van der Waals surface area contributed by atoms with Gasteiger partial charge in [-0.2, -0.15) is 0 Å². The molecule has 0 unspecified atom stereocenters. The predicted molar refractivity (Wildman–Crippen MR) is 118 cm³/mol. The van der Waals surface area contributed by atoms with Crippen LogP contribution in [0.4, 0.5) is 0 Å². The Labute approximate surface area is 186 Å². The molecule has 0 atom stereocenters. The van der Waals surface area contributed by atoms with Crippen molar-refractivity contribution in [3.05, 3.63) is 83.8 Å². The van der Waals surface area contributed by atoms with Gasteiger partial charge in [-0.1, -0.05) is 42.0 Å². The molecule has 2 aromatic carbocycles. The molecule has 3 aromatic rings. The second-order valence-electron chi connectivity index (χ2n) is 7.67. The summed E-state index contributed by atoms with van der Waals surface area (Å²) in [5.41, 5.74) is 3.64. The number of aryl methyl sites for hydroxylation is 1. The highest BCUT2D eigenvalue weighted by Crippen LogP contribution is 2.20. The summed E-state index contributed by atoms with van der Waals surface area (Å²) in [6.07, 6.45) is 1.46. The van der Waals surface area contributed by atoms with E-state index >= 15 is 0 Å². The van der Waals surface area contributed by atoms with Crippen LogP contribution < -0.4 is 0 Å². The Kier molecular flexibility index (Phi) is 6.35. The molecule has 0 radical (unpaired) electrons. The number of esters is 1. The van der Waals surface area contributed by atoms with Gasteiger partial charge in [0.15, 0.2) is 12.4 Å². The van der Waals surface area contributed by atoms with Gasteiger partial charge in [-0.3, -0.25) is 9.59 Å². The van der Waals surface area contributed by atoms with E-state index in [-0.39, 0.29) is 24.2 Å². The first-order valence-corrected chi connectivity index (χ1v) is 10.5. The predicted octanol–water partition coefficient (Wildman–Crippen LogP) is 3.40. The van der Waals surface area contributed by atoms with Crippen molar-refractivity contribution in [2.24, 2.45) is 0 Å². The Hall–Kier alpha value is -3.87. The lowest BCUT2D eigenvalue weighted by atomic mass is 10.0. The van der Waals surface area contributed by atoms with Crippen LogP contribution in [0.15, 0.2) is 71.3 Å². The number of hydrogen-bond donors (Lipinski definition) is 0. The van der Waals surface area contributed by atoms with Crippen molar-refractivity contribution >= 4 is 17.8 Å². The highest BCUT2D eigenvalue weighted by atomic mass is 16.5. The maximum Gasteiger partial charge on any atom is 0.338 e. The lowest BCUT2D eigenvalue weighted by Gasteiger charge is -2.34. The van der Waals surface area contributed by atoms with Gasteiger partial charge < -0.3 is 19.0 Å². The molecule has 1 aliphatic rings. The average Bonchev–Trinajstić information content (AvgIpc) is 3.38. The van der Waals surface area contributed by atoms with Crippen LogP contribution in [0, 0.1) is 6.92 Å². The van der Waals surface area contributed by atoms with Crippen LogP contribution in [0.3, 0.4) is 0 Å². The van der Waals surface area contributed by atoms with Gasteiger partial charge in [-0.05, 0) is 42.3 Å². The van der Waals surface area contributed by atoms with E-state index in [0.717, 1.165) is 11.1 Å². The maximum absolute atomic E-state index is 12.4. The van der Waals surface area contributed by atoms with Crippen molar-refractivity contribution in [3.63, 3.8) is 0 Å². The number of amides is 2. The Morgan fingerprint density at radius 2 is 1.44 bits per heavy atom. The largest absolute Gasteiger partial charge is 0.459 e. The second-order valence-corrected chi connectivity index (χ2v) is 7.67. The van der Waals surface area contributed by atoms with Crippen LogP contribution in [0.25, 0.3) is 11.1 Å². The molecule has 0 N–H and O–H groups in total. The van der Waals surface area contributed by atoms with E-state index in [1.54, 1.807) is 34.1 Å². The fraction of sp³-hybridized carbons (Fsp3) is 0.240. The van der Waals surface area contributed by atoms with E-state index in [9.17, 15) is 14.4 Å². The molecule has 2 heterocycles. The normalized spacial score (nSPS) is 13.7. The molecule has 0 bridgehead atoms. The zero-order valence-corrected chi connectivity index (χ0v) is 17.8. The molecule has 1 fully saturated rings. The van der Waals surface area contributed by atoms with Crippen molar-refractivity contribution in [1.82, 2.24) is 9.80 Å². The van der Waals surface area contributed by atoms with Crippen LogP contribution in [0.1, 0.15) is 26.5 Å². The molecule has 7 heteroatoms. The first kappa shape index (κ1) is 21.4. The number of piperazine rings is 1. The first-order valence-electron chi connectivity index (χ1n) is 10.5. The molecule has 32 heavy (non-hydrogen) atoms. The van der Waals surface area contributed by atoms with Crippen LogP contribution in [0.5, 0.6) is 0 Å². The van der Waals surface area contributed by atoms with Crippen LogP contribution in [0.2, 0.25) is 0 Å². The Balaban J connectivity index is 1.25. The Morgan fingerprint density at radius 1 is 0.844 bits per heavy atom. The highest BCUT2D eigenvalue weighted by molar-refractivity contribution is 5.92. The second kappa shape index (κ2) is 9.51. The lowest BCUT2D eigenvalue weighted by Crippen LogP contribution is -2.51. The molecule has 1 saturated heterocycles. The molecular weight excluding hydrogens is 408 g/mol. The van der Waals surface area contributed by atoms with E-state index in [1.165, 1.54) is 11.8 Å². The van der Waals surface area contributed by atoms with Crippen molar-refractivity contribution in [3.8, 4) is 11.1 Å². The van der Waals surface area contributed by atoms with Crippen molar-refractivity contribution < 1.29 is 23.5 Å². The molecule has 7 nitrogen and oxygen atoms in total. The number of hydrogen-bond acceptors (Lipinski definition) is 5. The summed E-state index contributed by atoms with van der Waals surface area (Å²) < 4.78 is 10.3. The standard InChI is InChI=1S/C25H24N2O5/c1-18-4-6-19(7-5-18)20-8-10-21(11-9-20)25(30)32-17-23(28)26-12-14-27(15-13-26)24(29)22-3-2-16-31-22/h2-11,16H,12-15,17H2,1H3. The van der Waals surface area contributed by atoms with Gasteiger partial charge in [0, 0.05) is 26.2 Å². The number of carbonyl (C=O) groups excluding carboxylic acids is 3. The van der Waals surface area contributed by atoms with Crippen molar-refractivity contribution in [2.45, 2.75) is 6.92 Å². The average molecular weight is 432 g/mol. The number of rotatable bonds is 5. The maximum atomic E-state index is 12.4. The summed E-state index contributed by atoms with van der Waals surface area (Å²) in [4.78, 5) is 40.3.